The van der Waals surface area contributed by atoms with Crippen molar-refractivity contribution in [3.63, 3.8) is 0 Å². The Balaban J connectivity index is 1.25. The van der Waals surface area contributed by atoms with Gasteiger partial charge in [-0.2, -0.15) is 0 Å². The number of nitrogens with zero attached hydrogens (tertiary/aromatic N) is 1. The number of benzene rings is 7. The molecule has 0 N–H and O–H groups in total. The first-order valence-electron chi connectivity index (χ1n) is 21.2. The van der Waals surface area contributed by atoms with Gasteiger partial charge in [0.15, 0.2) is 0 Å². The monoisotopic (exact) mass is 753 g/mol. The summed E-state index contributed by atoms with van der Waals surface area (Å²) in [5.41, 5.74) is 22.1. The third-order valence-electron chi connectivity index (χ3n) is 15.8. The minimum atomic E-state index is -0.155. The highest BCUT2D eigenvalue weighted by molar-refractivity contribution is 5.96. The van der Waals surface area contributed by atoms with Crippen molar-refractivity contribution in [3.05, 3.63) is 185 Å². The molecule has 10 rings (SSSR count). The molecule has 1 heteroatoms. The molecule has 0 heterocycles. The van der Waals surface area contributed by atoms with Crippen LogP contribution in [0.25, 0.3) is 44.5 Å². The summed E-state index contributed by atoms with van der Waals surface area (Å²) in [5.74, 6) is 0. The second-order valence-corrected chi connectivity index (χ2v) is 19.9. The van der Waals surface area contributed by atoms with Crippen LogP contribution < -0.4 is 4.90 Å². The van der Waals surface area contributed by atoms with Crippen molar-refractivity contribution in [2.75, 3.05) is 4.90 Å². The van der Waals surface area contributed by atoms with Crippen molar-refractivity contribution in [1.29, 1.82) is 0 Å². The highest BCUT2D eigenvalue weighted by Gasteiger charge is 2.56. The van der Waals surface area contributed by atoms with Crippen molar-refractivity contribution in [2.24, 2.45) is 5.41 Å². The first-order chi connectivity index (χ1) is 27.5. The quantitative estimate of drug-likeness (QED) is 0.169. The molecule has 3 aliphatic carbocycles. The fourth-order valence-electron chi connectivity index (χ4n) is 11.1. The number of rotatable bonds is 5. The van der Waals surface area contributed by atoms with E-state index in [2.05, 4.69) is 226 Å². The zero-order valence-corrected chi connectivity index (χ0v) is 35.9. The maximum absolute atomic E-state index is 2.55. The third-order valence-corrected chi connectivity index (χ3v) is 15.8. The van der Waals surface area contributed by atoms with Gasteiger partial charge < -0.3 is 4.90 Å². The molecule has 58 heavy (non-hydrogen) atoms. The molecule has 0 saturated carbocycles. The molecule has 1 nitrogen and oxygen atoms in total. The van der Waals surface area contributed by atoms with E-state index in [1.54, 1.807) is 0 Å². The summed E-state index contributed by atoms with van der Waals surface area (Å²) >= 11 is 0. The van der Waals surface area contributed by atoms with Crippen LogP contribution in [-0.2, 0) is 21.7 Å². The minimum absolute atomic E-state index is 0.0130. The molecule has 0 aromatic heterocycles. The second-order valence-electron chi connectivity index (χ2n) is 19.9. The molecule has 7 aromatic rings. The summed E-state index contributed by atoms with van der Waals surface area (Å²) in [6.07, 6.45) is 0. The van der Waals surface area contributed by atoms with Crippen LogP contribution in [0.15, 0.2) is 152 Å². The summed E-state index contributed by atoms with van der Waals surface area (Å²) in [6.45, 7) is 24.3. The fraction of sp³-hybridized carbons (Fsp3) is 0.263. The van der Waals surface area contributed by atoms with E-state index in [0.29, 0.717) is 0 Å². The molecule has 0 amide bonds. The Kier molecular flexibility index (Phi) is 7.70. The van der Waals surface area contributed by atoms with Crippen LogP contribution in [0, 0.1) is 5.41 Å². The lowest BCUT2D eigenvalue weighted by atomic mass is 9.59. The van der Waals surface area contributed by atoms with Gasteiger partial charge in [-0.1, -0.05) is 184 Å². The van der Waals surface area contributed by atoms with E-state index >= 15 is 0 Å². The first kappa shape index (κ1) is 36.7. The maximum atomic E-state index is 2.55. The zero-order chi connectivity index (χ0) is 40.6. The molecule has 0 spiro atoms. The Morgan fingerprint density at radius 2 is 0.810 bits per heavy atom. The number of hydrogen-bond donors (Lipinski definition) is 0. The SMILES string of the molecule is CC1(C)c2ccccc2-c2ccc(N(c3ccc(-c4ccccc4)cc3)c3cc4c(cc3-c3ccc5c(c3)C(C)(C)C(C)(C)C5(C)C)-c3ccccc3C4(C)C)cc21. The molecule has 0 fully saturated rings. The van der Waals surface area contributed by atoms with Gasteiger partial charge in [-0.25, -0.2) is 0 Å². The number of anilines is 3. The second kappa shape index (κ2) is 12.2. The summed E-state index contributed by atoms with van der Waals surface area (Å²) < 4.78 is 0. The van der Waals surface area contributed by atoms with E-state index in [1.165, 1.54) is 89.3 Å². The Labute approximate surface area is 346 Å². The standard InChI is InChI=1S/C57H55N/c1-53(2)46-22-16-14-20-41(46)43-30-29-40(33-49(43)53)58(39-27-24-37(25-28-39)36-18-12-11-13-19-36)52-35-50-45(42-21-15-17-23-47(42)54(50,3)4)34-44(52)38-26-31-48-51(32-38)56(7,8)57(9,10)55(48,5)6/h11-35H,1-10H3. The summed E-state index contributed by atoms with van der Waals surface area (Å²) in [6, 6.07) is 57.6. The minimum Gasteiger partial charge on any atom is -0.310 e. The molecule has 0 atom stereocenters. The molecule has 0 radical (unpaired) electrons. The van der Waals surface area contributed by atoms with E-state index in [-0.39, 0.29) is 27.1 Å². The molecule has 0 unspecified atom stereocenters. The Hall–Kier alpha value is -5.66. The van der Waals surface area contributed by atoms with Gasteiger partial charge in [0.05, 0.1) is 5.69 Å². The lowest BCUT2D eigenvalue weighted by molar-refractivity contribution is 0.125. The predicted molar refractivity (Wildman–Crippen MR) is 247 cm³/mol. The average Bonchev–Trinajstić information content (AvgIpc) is 3.63. The van der Waals surface area contributed by atoms with Gasteiger partial charge in [0.25, 0.3) is 0 Å². The van der Waals surface area contributed by atoms with E-state index in [4.69, 9.17) is 0 Å². The van der Waals surface area contributed by atoms with Crippen LogP contribution in [0.2, 0.25) is 0 Å². The van der Waals surface area contributed by atoms with Crippen molar-refractivity contribution < 1.29 is 0 Å². The maximum Gasteiger partial charge on any atom is 0.0543 e. The van der Waals surface area contributed by atoms with Gasteiger partial charge in [-0.05, 0) is 125 Å². The van der Waals surface area contributed by atoms with Crippen LogP contribution >= 0.6 is 0 Å². The Morgan fingerprint density at radius 3 is 1.47 bits per heavy atom. The third kappa shape index (κ3) is 4.89. The molecular weight excluding hydrogens is 699 g/mol. The molecule has 288 valence electrons. The van der Waals surface area contributed by atoms with Crippen molar-refractivity contribution in [1.82, 2.24) is 0 Å². The highest BCUT2D eigenvalue weighted by Crippen LogP contribution is 2.62. The smallest absolute Gasteiger partial charge is 0.0543 e. The van der Waals surface area contributed by atoms with E-state index in [1.807, 2.05) is 0 Å². The normalized spacial score (nSPS) is 17.8. The highest BCUT2D eigenvalue weighted by atomic mass is 15.1. The van der Waals surface area contributed by atoms with Gasteiger partial charge in [0.1, 0.15) is 0 Å². The van der Waals surface area contributed by atoms with Gasteiger partial charge in [0, 0.05) is 27.8 Å². The Morgan fingerprint density at radius 1 is 0.310 bits per heavy atom. The molecule has 0 bridgehead atoms. The topological polar surface area (TPSA) is 3.24 Å². The van der Waals surface area contributed by atoms with Crippen molar-refractivity contribution >= 4 is 17.1 Å². The fourth-order valence-corrected chi connectivity index (χ4v) is 11.1. The van der Waals surface area contributed by atoms with Gasteiger partial charge in [0.2, 0.25) is 0 Å². The predicted octanol–water partition coefficient (Wildman–Crippen LogP) is 15.7. The summed E-state index contributed by atoms with van der Waals surface area (Å²) in [5, 5.41) is 0. The van der Waals surface area contributed by atoms with Crippen molar-refractivity contribution in [2.45, 2.75) is 90.9 Å². The van der Waals surface area contributed by atoms with E-state index in [0.717, 1.165) is 5.69 Å². The molecule has 7 aromatic carbocycles. The molecule has 0 saturated heterocycles. The van der Waals surface area contributed by atoms with E-state index < -0.39 is 0 Å². The molecule has 3 aliphatic rings. The van der Waals surface area contributed by atoms with Crippen LogP contribution in [0.1, 0.15) is 103 Å². The lowest BCUT2D eigenvalue weighted by Gasteiger charge is -2.44. The van der Waals surface area contributed by atoms with Crippen molar-refractivity contribution in [3.8, 4) is 44.5 Å². The van der Waals surface area contributed by atoms with Crippen LogP contribution in [0.4, 0.5) is 17.1 Å². The van der Waals surface area contributed by atoms with Gasteiger partial charge >= 0.3 is 0 Å². The molecular formula is C57H55N. The lowest BCUT2D eigenvalue weighted by Crippen LogP contribution is -2.42. The van der Waals surface area contributed by atoms with Crippen LogP contribution in [0.3, 0.4) is 0 Å². The Bertz CT molecular complexity index is 2790. The largest absolute Gasteiger partial charge is 0.310 e. The van der Waals surface area contributed by atoms with Gasteiger partial charge in [-0.3, -0.25) is 0 Å². The molecule has 0 aliphatic heterocycles. The average molecular weight is 754 g/mol. The van der Waals surface area contributed by atoms with Crippen LogP contribution in [0.5, 0.6) is 0 Å². The van der Waals surface area contributed by atoms with E-state index in [9.17, 15) is 0 Å². The number of hydrogen-bond acceptors (Lipinski definition) is 1. The number of fused-ring (bicyclic) bond motifs is 7. The van der Waals surface area contributed by atoms with Crippen LogP contribution in [-0.4, -0.2) is 0 Å². The zero-order valence-electron chi connectivity index (χ0n) is 35.9. The summed E-state index contributed by atoms with van der Waals surface area (Å²) in [7, 11) is 0. The van der Waals surface area contributed by atoms with Gasteiger partial charge in [-0.15, -0.1) is 0 Å². The summed E-state index contributed by atoms with van der Waals surface area (Å²) in [4.78, 5) is 2.55. The first-order valence-corrected chi connectivity index (χ1v) is 21.2.